The molecule has 0 unspecified atom stereocenters. The number of hydrogen-bond donors (Lipinski definition) is 1. The third-order valence-corrected chi connectivity index (χ3v) is 2.95. The molecular formula is C9H11Cl2N3O. The van der Waals surface area contributed by atoms with E-state index in [2.05, 4.69) is 10.2 Å². The SMILES string of the molecule is NCC1CC(Oc2cc(Cl)nnc2Cl)C1. The van der Waals surface area contributed by atoms with E-state index in [1.165, 1.54) is 0 Å². The van der Waals surface area contributed by atoms with Crippen LogP contribution >= 0.6 is 23.2 Å². The maximum Gasteiger partial charge on any atom is 0.193 e. The molecule has 1 aliphatic carbocycles. The Labute approximate surface area is 97.7 Å². The smallest absolute Gasteiger partial charge is 0.193 e. The van der Waals surface area contributed by atoms with Crippen molar-refractivity contribution in [3.63, 3.8) is 0 Å². The van der Waals surface area contributed by atoms with Gasteiger partial charge in [0.25, 0.3) is 0 Å². The first-order valence-electron chi connectivity index (χ1n) is 4.74. The zero-order valence-electron chi connectivity index (χ0n) is 7.99. The first kappa shape index (κ1) is 10.9. The molecule has 0 radical (unpaired) electrons. The van der Waals surface area contributed by atoms with Crippen molar-refractivity contribution in [2.45, 2.75) is 18.9 Å². The molecule has 15 heavy (non-hydrogen) atoms. The average molecular weight is 248 g/mol. The summed E-state index contributed by atoms with van der Waals surface area (Å²) in [4.78, 5) is 0. The number of halogens is 2. The molecule has 1 aromatic heterocycles. The highest BCUT2D eigenvalue weighted by atomic mass is 35.5. The molecule has 4 nitrogen and oxygen atoms in total. The molecule has 0 aliphatic heterocycles. The molecule has 0 saturated heterocycles. The summed E-state index contributed by atoms with van der Waals surface area (Å²) in [5.74, 6) is 1.07. The van der Waals surface area contributed by atoms with Crippen LogP contribution in [0.5, 0.6) is 5.75 Å². The van der Waals surface area contributed by atoms with E-state index in [1.54, 1.807) is 6.07 Å². The van der Waals surface area contributed by atoms with Crippen LogP contribution in [-0.2, 0) is 0 Å². The van der Waals surface area contributed by atoms with Gasteiger partial charge in [-0.05, 0) is 25.3 Å². The number of ether oxygens (including phenoxy) is 1. The van der Waals surface area contributed by atoms with E-state index in [9.17, 15) is 0 Å². The van der Waals surface area contributed by atoms with Gasteiger partial charge in [-0.2, -0.15) is 0 Å². The minimum absolute atomic E-state index is 0.177. The summed E-state index contributed by atoms with van der Waals surface area (Å²) in [6.07, 6.45) is 2.11. The Morgan fingerprint density at radius 2 is 2.13 bits per heavy atom. The molecule has 0 amide bonds. The molecule has 0 spiro atoms. The van der Waals surface area contributed by atoms with Crippen molar-refractivity contribution in [3.05, 3.63) is 16.4 Å². The molecule has 1 saturated carbocycles. The molecule has 2 rings (SSSR count). The normalized spacial score (nSPS) is 24.7. The summed E-state index contributed by atoms with van der Waals surface area (Å²) in [6.45, 7) is 0.711. The van der Waals surface area contributed by atoms with Gasteiger partial charge in [-0.3, -0.25) is 0 Å². The monoisotopic (exact) mass is 247 g/mol. The lowest BCUT2D eigenvalue weighted by atomic mass is 9.82. The Bertz CT molecular complexity index is 355. The van der Waals surface area contributed by atoms with E-state index in [0.29, 0.717) is 18.2 Å². The summed E-state index contributed by atoms with van der Waals surface area (Å²) < 4.78 is 5.62. The van der Waals surface area contributed by atoms with Crippen molar-refractivity contribution in [2.75, 3.05) is 6.54 Å². The van der Waals surface area contributed by atoms with Crippen LogP contribution in [0.4, 0.5) is 0 Å². The minimum atomic E-state index is 0.177. The van der Waals surface area contributed by atoms with Crippen LogP contribution in [0.25, 0.3) is 0 Å². The number of aromatic nitrogens is 2. The van der Waals surface area contributed by atoms with Crippen molar-refractivity contribution in [2.24, 2.45) is 11.7 Å². The van der Waals surface area contributed by atoms with Crippen molar-refractivity contribution in [3.8, 4) is 5.75 Å². The number of nitrogens with zero attached hydrogens (tertiary/aromatic N) is 2. The molecule has 1 heterocycles. The maximum absolute atomic E-state index is 5.81. The lowest BCUT2D eigenvalue weighted by molar-refractivity contribution is 0.0686. The first-order chi connectivity index (χ1) is 7.19. The van der Waals surface area contributed by atoms with Crippen LogP contribution in [0.15, 0.2) is 6.07 Å². The third kappa shape index (κ3) is 2.51. The van der Waals surface area contributed by atoms with E-state index in [4.69, 9.17) is 33.7 Å². The molecule has 1 aliphatic rings. The quantitative estimate of drug-likeness (QED) is 0.887. The fourth-order valence-electron chi connectivity index (χ4n) is 1.56. The van der Waals surface area contributed by atoms with Gasteiger partial charge in [-0.15, -0.1) is 10.2 Å². The Balaban J connectivity index is 1.97. The highest BCUT2D eigenvalue weighted by molar-refractivity contribution is 6.32. The standard InChI is InChI=1S/C9H11Cl2N3O/c10-8-3-7(9(11)14-13-8)15-6-1-5(2-6)4-12/h3,5-6H,1-2,4,12H2. The number of rotatable bonds is 3. The molecule has 0 aromatic carbocycles. The predicted molar refractivity (Wildman–Crippen MR) is 58.2 cm³/mol. The summed E-state index contributed by atoms with van der Waals surface area (Å²) in [6, 6.07) is 1.58. The highest BCUT2D eigenvalue weighted by Gasteiger charge is 2.30. The van der Waals surface area contributed by atoms with Crippen LogP contribution in [0.2, 0.25) is 10.3 Å². The van der Waals surface area contributed by atoms with E-state index in [1.807, 2.05) is 0 Å². The molecule has 0 bridgehead atoms. The Morgan fingerprint density at radius 1 is 1.40 bits per heavy atom. The second kappa shape index (κ2) is 4.51. The largest absolute Gasteiger partial charge is 0.487 e. The van der Waals surface area contributed by atoms with Crippen molar-refractivity contribution < 1.29 is 4.74 Å². The summed E-state index contributed by atoms with van der Waals surface area (Å²) in [5.41, 5.74) is 5.52. The molecule has 82 valence electrons. The zero-order chi connectivity index (χ0) is 10.8. The molecule has 1 fully saturated rings. The second-order valence-corrected chi connectivity index (χ2v) is 4.38. The molecule has 6 heteroatoms. The minimum Gasteiger partial charge on any atom is -0.487 e. The van der Waals surface area contributed by atoms with E-state index in [-0.39, 0.29) is 16.4 Å². The maximum atomic E-state index is 5.81. The highest BCUT2D eigenvalue weighted by Crippen LogP contribution is 2.33. The van der Waals surface area contributed by atoms with Crippen LogP contribution in [0, 0.1) is 5.92 Å². The van der Waals surface area contributed by atoms with E-state index in [0.717, 1.165) is 12.8 Å². The number of nitrogens with two attached hydrogens (primary N) is 1. The molecule has 0 atom stereocenters. The molecule has 1 aromatic rings. The van der Waals surface area contributed by atoms with Gasteiger partial charge in [0.1, 0.15) is 0 Å². The van der Waals surface area contributed by atoms with Gasteiger partial charge in [0, 0.05) is 6.07 Å². The first-order valence-corrected chi connectivity index (χ1v) is 5.50. The Morgan fingerprint density at radius 3 is 2.80 bits per heavy atom. The summed E-state index contributed by atoms with van der Waals surface area (Å²) in [5, 5.41) is 7.80. The van der Waals surface area contributed by atoms with Crippen LogP contribution in [-0.4, -0.2) is 22.8 Å². The van der Waals surface area contributed by atoms with Gasteiger partial charge in [-0.1, -0.05) is 23.2 Å². The predicted octanol–water partition coefficient (Wildman–Crippen LogP) is 1.90. The lowest BCUT2D eigenvalue weighted by Gasteiger charge is -2.34. The van der Waals surface area contributed by atoms with Gasteiger partial charge in [0.15, 0.2) is 16.1 Å². The van der Waals surface area contributed by atoms with Gasteiger partial charge in [-0.25, -0.2) is 0 Å². The molecular weight excluding hydrogens is 237 g/mol. The Hall–Kier alpha value is -0.580. The third-order valence-electron chi connectivity index (χ3n) is 2.51. The second-order valence-electron chi connectivity index (χ2n) is 3.64. The van der Waals surface area contributed by atoms with Gasteiger partial charge in [0.05, 0.1) is 6.10 Å². The van der Waals surface area contributed by atoms with Crippen molar-refractivity contribution in [1.82, 2.24) is 10.2 Å². The zero-order valence-corrected chi connectivity index (χ0v) is 9.50. The summed E-state index contributed by atoms with van der Waals surface area (Å²) in [7, 11) is 0. The lowest BCUT2D eigenvalue weighted by Crippen LogP contribution is -2.37. The molecule has 2 N–H and O–H groups in total. The van der Waals surface area contributed by atoms with Crippen LogP contribution in [0.1, 0.15) is 12.8 Å². The van der Waals surface area contributed by atoms with Gasteiger partial charge >= 0.3 is 0 Å². The Kier molecular flexibility index (Phi) is 3.29. The van der Waals surface area contributed by atoms with Crippen LogP contribution < -0.4 is 10.5 Å². The van der Waals surface area contributed by atoms with E-state index < -0.39 is 0 Å². The van der Waals surface area contributed by atoms with Gasteiger partial charge < -0.3 is 10.5 Å². The fraction of sp³-hybridized carbons (Fsp3) is 0.556. The number of hydrogen-bond acceptors (Lipinski definition) is 4. The van der Waals surface area contributed by atoms with Crippen molar-refractivity contribution in [1.29, 1.82) is 0 Å². The van der Waals surface area contributed by atoms with Gasteiger partial charge in [0.2, 0.25) is 0 Å². The average Bonchev–Trinajstić information content (AvgIpc) is 2.16. The van der Waals surface area contributed by atoms with Crippen molar-refractivity contribution >= 4 is 23.2 Å². The topological polar surface area (TPSA) is 61.0 Å². The fourth-order valence-corrected chi connectivity index (χ4v) is 1.84. The summed E-state index contributed by atoms with van der Waals surface area (Å²) >= 11 is 11.5. The van der Waals surface area contributed by atoms with Crippen LogP contribution in [0.3, 0.4) is 0 Å². The van der Waals surface area contributed by atoms with E-state index >= 15 is 0 Å².